The molecule has 0 bridgehead atoms. The molecule has 2 aromatic rings. The molecule has 24 heavy (non-hydrogen) atoms. The third-order valence-electron chi connectivity index (χ3n) is 5.04. The molecule has 126 valence electrons. The van der Waals surface area contributed by atoms with Gasteiger partial charge in [-0.15, -0.1) is 0 Å². The predicted molar refractivity (Wildman–Crippen MR) is 103 cm³/mol. The second-order valence-corrected chi connectivity index (χ2v) is 6.71. The number of rotatable bonds is 6. The molecule has 3 rings (SSSR count). The van der Waals surface area contributed by atoms with Crippen LogP contribution in [0.3, 0.4) is 0 Å². The van der Waals surface area contributed by atoms with E-state index in [2.05, 4.69) is 72.9 Å². The fourth-order valence-corrected chi connectivity index (χ4v) is 3.76. The van der Waals surface area contributed by atoms with Gasteiger partial charge in [0.1, 0.15) is 0 Å². The van der Waals surface area contributed by atoms with Crippen LogP contribution < -0.4 is 5.32 Å². The molecule has 1 aliphatic heterocycles. The maximum Gasteiger partial charge on any atom is 0.0963 e. The molecule has 1 aliphatic rings. The van der Waals surface area contributed by atoms with Gasteiger partial charge in [0.2, 0.25) is 0 Å². The van der Waals surface area contributed by atoms with Gasteiger partial charge in [-0.3, -0.25) is 4.99 Å². The molecule has 0 unspecified atom stereocenters. The van der Waals surface area contributed by atoms with Gasteiger partial charge >= 0.3 is 0 Å². The number of benzene rings is 2. The van der Waals surface area contributed by atoms with Crippen LogP contribution in [0.25, 0.3) is 0 Å². The van der Waals surface area contributed by atoms with Crippen LogP contribution in [-0.2, 0) is 5.41 Å². The Kier molecular flexibility index (Phi) is 5.68. The smallest absolute Gasteiger partial charge is 0.0963 e. The van der Waals surface area contributed by atoms with Crippen molar-refractivity contribution >= 4 is 5.84 Å². The molecule has 0 aliphatic carbocycles. The molecule has 0 atom stereocenters. The fraction of sp³-hybridized carbons (Fsp3) is 0.409. The Balaban J connectivity index is 2.01. The lowest BCUT2D eigenvalue weighted by molar-refractivity contribution is 0.475. The molecule has 0 aromatic heterocycles. The first kappa shape index (κ1) is 16.8. The van der Waals surface area contributed by atoms with Gasteiger partial charge < -0.3 is 5.32 Å². The van der Waals surface area contributed by atoms with Crippen LogP contribution in [0, 0.1) is 0 Å². The molecule has 1 fully saturated rings. The van der Waals surface area contributed by atoms with Crippen LogP contribution in [0.4, 0.5) is 0 Å². The van der Waals surface area contributed by atoms with E-state index in [0.717, 1.165) is 32.4 Å². The monoisotopic (exact) mass is 320 g/mol. The Morgan fingerprint density at radius 1 is 0.917 bits per heavy atom. The maximum absolute atomic E-state index is 5.03. The van der Waals surface area contributed by atoms with Crippen molar-refractivity contribution in [2.24, 2.45) is 4.99 Å². The number of nitrogens with zero attached hydrogens (tertiary/aromatic N) is 1. The zero-order valence-electron chi connectivity index (χ0n) is 14.7. The highest BCUT2D eigenvalue weighted by molar-refractivity contribution is 5.82. The van der Waals surface area contributed by atoms with Gasteiger partial charge in [-0.2, -0.15) is 0 Å². The number of nitrogens with one attached hydrogen (secondary N) is 1. The third-order valence-corrected chi connectivity index (χ3v) is 5.04. The molecule has 2 aromatic carbocycles. The number of piperidine rings is 1. The Hall–Kier alpha value is -2.09. The summed E-state index contributed by atoms with van der Waals surface area (Å²) in [5, 5.41) is 3.49. The fourth-order valence-electron chi connectivity index (χ4n) is 3.76. The van der Waals surface area contributed by atoms with Crippen LogP contribution in [0.2, 0.25) is 0 Å². The highest BCUT2D eigenvalue weighted by atomic mass is 15.0. The molecule has 1 saturated heterocycles. The average Bonchev–Trinajstić information content (AvgIpc) is 2.67. The Morgan fingerprint density at radius 3 is 2.04 bits per heavy atom. The minimum atomic E-state index is -0.0383. The van der Waals surface area contributed by atoms with E-state index in [9.17, 15) is 0 Å². The topological polar surface area (TPSA) is 24.4 Å². The van der Waals surface area contributed by atoms with E-state index in [1.807, 2.05) is 0 Å². The van der Waals surface area contributed by atoms with Gasteiger partial charge in [-0.25, -0.2) is 0 Å². The highest BCUT2D eigenvalue weighted by Gasteiger charge is 2.33. The zero-order chi connectivity index (χ0) is 16.7. The lowest BCUT2D eigenvalue weighted by atomic mass is 9.71. The molecule has 0 amide bonds. The van der Waals surface area contributed by atoms with Crippen LogP contribution in [-0.4, -0.2) is 18.9 Å². The SMILES string of the molecule is CCCC(C/N=C1/CCCCN1)(c1ccccc1)c1ccccc1. The van der Waals surface area contributed by atoms with Crippen LogP contribution in [0.15, 0.2) is 65.7 Å². The van der Waals surface area contributed by atoms with Crippen molar-refractivity contribution in [3.63, 3.8) is 0 Å². The maximum atomic E-state index is 5.03. The largest absolute Gasteiger partial charge is 0.374 e. The second-order valence-electron chi connectivity index (χ2n) is 6.71. The van der Waals surface area contributed by atoms with Crippen molar-refractivity contribution in [1.82, 2.24) is 5.32 Å². The van der Waals surface area contributed by atoms with E-state index in [1.54, 1.807) is 0 Å². The molecule has 0 radical (unpaired) electrons. The number of amidine groups is 1. The van der Waals surface area contributed by atoms with Crippen molar-refractivity contribution in [1.29, 1.82) is 0 Å². The molecule has 1 N–H and O–H groups in total. The number of hydrogen-bond acceptors (Lipinski definition) is 1. The third kappa shape index (κ3) is 3.69. The highest BCUT2D eigenvalue weighted by Crippen LogP contribution is 2.37. The standard InChI is InChI=1S/C22H28N2/c1-2-16-22(19-11-5-3-6-12-19,20-13-7-4-8-14-20)18-24-21-15-9-10-17-23-21/h3-8,11-14H,2,9-10,15-18H2,1H3,(H,23,24). The van der Waals surface area contributed by atoms with E-state index in [0.29, 0.717) is 0 Å². The van der Waals surface area contributed by atoms with E-state index in [4.69, 9.17) is 4.99 Å². The van der Waals surface area contributed by atoms with Gasteiger partial charge in [0.15, 0.2) is 0 Å². The van der Waals surface area contributed by atoms with Crippen molar-refractivity contribution in [2.45, 2.75) is 44.4 Å². The summed E-state index contributed by atoms with van der Waals surface area (Å²) >= 11 is 0. The lowest BCUT2D eigenvalue weighted by Gasteiger charge is -2.34. The summed E-state index contributed by atoms with van der Waals surface area (Å²) < 4.78 is 0. The van der Waals surface area contributed by atoms with Gasteiger partial charge in [0, 0.05) is 18.4 Å². The van der Waals surface area contributed by atoms with E-state index in [1.165, 1.54) is 29.8 Å². The Labute approximate surface area is 146 Å². The van der Waals surface area contributed by atoms with Gasteiger partial charge in [-0.1, -0.05) is 74.0 Å². The van der Waals surface area contributed by atoms with Crippen molar-refractivity contribution in [3.05, 3.63) is 71.8 Å². The van der Waals surface area contributed by atoms with Gasteiger partial charge in [0.05, 0.1) is 12.4 Å². The number of aliphatic imine (C=N–C) groups is 1. The summed E-state index contributed by atoms with van der Waals surface area (Å²) in [4.78, 5) is 5.03. The first-order valence-corrected chi connectivity index (χ1v) is 9.23. The summed E-state index contributed by atoms with van der Waals surface area (Å²) in [6.45, 7) is 4.15. The average molecular weight is 320 g/mol. The quantitative estimate of drug-likeness (QED) is 0.800. The second kappa shape index (κ2) is 8.14. The van der Waals surface area contributed by atoms with Crippen molar-refractivity contribution in [3.8, 4) is 0 Å². The molecule has 2 nitrogen and oxygen atoms in total. The molecule has 0 saturated carbocycles. The summed E-state index contributed by atoms with van der Waals surface area (Å²) in [7, 11) is 0. The first-order chi connectivity index (χ1) is 11.8. The minimum absolute atomic E-state index is 0.0383. The summed E-state index contributed by atoms with van der Waals surface area (Å²) in [6, 6.07) is 21.8. The van der Waals surface area contributed by atoms with Crippen LogP contribution in [0.1, 0.15) is 50.2 Å². The van der Waals surface area contributed by atoms with Gasteiger partial charge in [0.25, 0.3) is 0 Å². The van der Waals surface area contributed by atoms with E-state index in [-0.39, 0.29) is 5.41 Å². The predicted octanol–water partition coefficient (Wildman–Crippen LogP) is 4.94. The van der Waals surface area contributed by atoms with E-state index < -0.39 is 0 Å². The summed E-state index contributed by atoms with van der Waals surface area (Å²) in [5.74, 6) is 1.19. The Bertz CT molecular complexity index is 599. The molecule has 1 heterocycles. The summed E-state index contributed by atoms with van der Waals surface area (Å²) in [6.07, 6.45) is 5.85. The first-order valence-electron chi connectivity index (χ1n) is 9.23. The van der Waals surface area contributed by atoms with Crippen molar-refractivity contribution in [2.75, 3.05) is 13.1 Å². The summed E-state index contributed by atoms with van der Waals surface area (Å²) in [5.41, 5.74) is 2.71. The van der Waals surface area contributed by atoms with Crippen LogP contribution >= 0.6 is 0 Å². The lowest BCUT2D eigenvalue weighted by Crippen LogP contribution is -2.34. The number of hydrogen-bond donors (Lipinski definition) is 1. The zero-order valence-corrected chi connectivity index (χ0v) is 14.7. The molecular formula is C22H28N2. The molecule has 2 heteroatoms. The van der Waals surface area contributed by atoms with Crippen molar-refractivity contribution < 1.29 is 0 Å². The molecule has 0 spiro atoms. The normalized spacial score (nSPS) is 16.8. The molecular weight excluding hydrogens is 292 g/mol. The van der Waals surface area contributed by atoms with E-state index >= 15 is 0 Å². The van der Waals surface area contributed by atoms with Gasteiger partial charge in [-0.05, 0) is 30.4 Å². The Morgan fingerprint density at radius 2 is 1.54 bits per heavy atom. The minimum Gasteiger partial charge on any atom is -0.374 e. The van der Waals surface area contributed by atoms with Crippen LogP contribution in [0.5, 0.6) is 0 Å².